The Morgan fingerprint density at radius 1 is 1.33 bits per heavy atom. The lowest BCUT2D eigenvalue weighted by atomic mass is 10.0. The summed E-state index contributed by atoms with van der Waals surface area (Å²) in [5, 5.41) is 8.17. The van der Waals surface area contributed by atoms with Crippen LogP contribution >= 0.6 is 0 Å². The topological polar surface area (TPSA) is 37.3 Å². The van der Waals surface area contributed by atoms with E-state index in [1.165, 1.54) is 0 Å². The van der Waals surface area contributed by atoms with E-state index in [2.05, 4.69) is 0 Å². The summed E-state index contributed by atoms with van der Waals surface area (Å²) in [5.41, 5.74) is -1.25. The van der Waals surface area contributed by atoms with Crippen LogP contribution in [0.2, 0.25) is 0 Å². The highest BCUT2D eigenvalue weighted by molar-refractivity contribution is 5.68. The highest BCUT2D eigenvalue weighted by Crippen LogP contribution is 2.33. The maximum absolute atomic E-state index is 13.1. The second-order valence-corrected chi connectivity index (χ2v) is 2.88. The molecule has 0 aliphatic carbocycles. The van der Waals surface area contributed by atoms with Crippen LogP contribution in [0.1, 0.15) is 12.0 Å². The molecule has 0 fully saturated rings. The fraction of sp³-hybridized carbons (Fsp3) is 0.222. The second-order valence-electron chi connectivity index (χ2n) is 2.88. The van der Waals surface area contributed by atoms with E-state index in [0.717, 1.165) is 6.07 Å². The Kier molecular flexibility index (Phi) is 2.97. The van der Waals surface area contributed by atoms with E-state index in [9.17, 15) is 22.4 Å². The first-order valence-electron chi connectivity index (χ1n) is 3.88. The molecule has 0 aromatic heterocycles. The normalized spacial score (nSPS) is 11.5. The lowest BCUT2D eigenvalue weighted by molar-refractivity contribution is -0.145. The van der Waals surface area contributed by atoms with E-state index in [1.807, 2.05) is 0 Å². The largest absolute Gasteiger partial charge is 0.481 e. The monoisotopic (exact) mass is 222 g/mol. The summed E-state index contributed by atoms with van der Waals surface area (Å²) in [6.07, 6.45) is -1.58. The molecule has 82 valence electrons. The van der Waals surface area contributed by atoms with Gasteiger partial charge in [0, 0.05) is 0 Å². The molecule has 0 bridgehead atoms. The molecule has 0 amide bonds. The van der Waals surface area contributed by atoms with E-state index in [0.29, 0.717) is 12.1 Å². The number of carboxylic acids is 1. The van der Waals surface area contributed by atoms with Crippen molar-refractivity contribution in [1.82, 2.24) is 0 Å². The second kappa shape index (κ2) is 3.88. The molecule has 0 saturated carbocycles. The summed E-state index contributed by atoms with van der Waals surface area (Å²) in [5.74, 6) is -8.86. The molecule has 0 radical (unpaired) electrons. The van der Waals surface area contributed by atoms with Gasteiger partial charge in [0.05, 0.1) is 5.56 Å². The fourth-order valence-electron chi connectivity index (χ4n) is 1.07. The molecule has 0 heterocycles. The molecule has 0 aliphatic heterocycles. The summed E-state index contributed by atoms with van der Waals surface area (Å²) in [7, 11) is 0. The molecule has 1 rings (SSSR count). The summed E-state index contributed by atoms with van der Waals surface area (Å²) in [6.45, 7) is 0. The lowest BCUT2D eigenvalue weighted by Gasteiger charge is -2.14. The Bertz CT molecular complexity index is 390. The summed E-state index contributed by atoms with van der Waals surface area (Å²) >= 11 is 0. The van der Waals surface area contributed by atoms with Gasteiger partial charge in [-0.15, -0.1) is 0 Å². The quantitative estimate of drug-likeness (QED) is 0.798. The molecule has 2 nitrogen and oxygen atoms in total. The lowest BCUT2D eigenvalue weighted by Crippen LogP contribution is -2.20. The highest BCUT2D eigenvalue weighted by Gasteiger charge is 2.38. The fourth-order valence-corrected chi connectivity index (χ4v) is 1.07. The van der Waals surface area contributed by atoms with Crippen LogP contribution in [0.3, 0.4) is 0 Å². The number of benzene rings is 1. The van der Waals surface area contributed by atoms with E-state index in [-0.39, 0.29) is 0 Å². The van der Waals surface area contributed by atoms with Crippen molar-refractivity contribution in [2.24, 2.45) is 0 Å². The average Bonchev–Trinajstić information content (AvgIpc) is 2.07. The van der Waals surface area contributed by atoms with Crippen molar-refractivity contribution in [3.05, 3.63) is 35.4 Å². The van der Waals surface area contributed by atoms with Gasteiger partial charge in [-0.05, 0) is 12.1 Å². The minimum absolute atomic E-state index is 0.654. The first-order chi connectivity index (χ1) is 6.84. The predicted octanol–water partition coefficient (Wildman–Crippen LogP) is 2.53. The summed E-state index contributed by atoms with van der Waals surface area (Å²) < 4.78 is 51.6. The zero-order chi connectivity index (χ0) is 11.6. The zero-order valence-electron chi connectivity index (χ0n) is 7.31. The SMILES string of the molecule is O=C(O)CC(F)(F)c1cccc(F)c1F. The number of hydrogen-bond donors (Lipinski definition) is 1. The van der Waals surface area contributed by atoms with Crippen LogP contribution < -0.4 is 0 Å². The average molecular weight is 222 g/mol. The molecule has 15 heavy (non-hydrogen) atoms. The number of alkyl halides is 2. The molecule has 1 aromatic rings. The van der Waals surface area contributed by atoms with Crippen molar-refractivity contribution in [2.45, 2.75) is 12.3 Å². The zero-order valence-corrected chi connectivity index (χ0v) is 7.31. The van der Waals surface area contributed by atoms with Crippen molar-refractivity contribution in [3.63, 3.8) is 0 Å². The Morgan fingerprint density at radius 3 is 2.47 bits per heavy atom. The Balaban J connectivity index is 3.14. The third kappa shape index (κ3) is 2.45. The van der Waals surface area contributed by atoms with Crippen LogP contribution in [-0.4, -0.2) is 11.1 Å². The van der Waals surface area contributed by atoms with Gasteiger partial charge in [0.25, 0.3) is 5.92 Å². The third-order valence-electron chi connectivity index (χ3n) is 1.72. The van der Waals surface area contributed by atoms with Crippen molar-refractivity contribution < 1.29 is 27.5 Å². The van der Waals surface area contributed by atoms with Crippen molar-refractivity contribution in [3.8, 4) is 0 Å². The molecule has 0 atom stereocenters. The van der Waals surface area contributed by atoms with Crippen LogP contribution in [0.15, 0.2) is 18.2 Å². The summed E-state index contributed by atoms with van der Waals surface area (Å²) in [4.78, 5) is 10.1. The first-order valence-corrected chi connectivity index (χ1v) is 3.88. The maximum atomic E-state index is 13.1. The smallest absolute Gasteiger partial charge is 0.309 e. The third-order valence-corrected chi connectivity index (χ3v) is 1.72. The molecular weight excluding hydrogens is 216 g/mol. The molecule has 1 N–H and O–H groups in total. The molecule has 6 heteroatoms. The van der Waals surface area contributed by atoms with Crippen LogP contribution in [0, 0.1) is 11.6 Å². The van der Waals surface area contributed by atoms with Gasteiger partial charge in [0.1, 0.15) is 6.42 Å². The predicted molar refractivity (Wildman–Crippen MR) is 42.5 cm³/mol. The van der Waals surface area contributed by atoms with Crippen LogP contribution in [-0.2, 0) is 10.7 Å². The van der Waals surface area contributed by atoms with E-state index in [1.54, 1.807) is 0 Å². The van der Waals surface area contributed by atoms with Gasteiger partial charge in [0.15, 0.2) is 11.6 Å². The van der Waals surface area contributed by atoms with E-state index < -0.39 is 35.5 Å². The molecular formula is C9H6F4O2. The summed E-state index contributed by atoms with van der Waals surface area (Å²) in [6, 6.07) is 2.22. The Labute approximate surface area is 82.1 Å². The maximum Gasteiger partial charge on any atom is 0.309 e. The highest BCUT2D eigenvalue weighted by atomic mass is 19.3. The van der Waals surface area contributed by atoms with Crippen molar-refractivity contribution in [1.29, 1.82) is 0 Å². The molecule has 0 spiro atoms. The van der Waals surface area contributed by atoms with Gasteiger partial charge in [0.2, 0.25) is 0 Å². The number of aliphatic carboxylic acids is 1. The standard InChI is InChI=1S/C9H6F4O2/c10-6-3-1-2-5(8(6)11)9(12,13)4-7(14)15/h1-3H,4H2,(H,14,15). The van der Waals surface area contributed by atoms with Crippen LogP contribution in [0.5, 0.6) is 0 Å². The Hall–Kier alpha value is -1.59. The molecule has 0 aliphatic rings. The van der Waals surface area contributed by atoms with Crippen LogP contribution in [0.4, 0.5) is 17.6 Å². The van der Waals surface area contributed by atoms with Gasteiger partial charge < -0.3 is 5.11 Å². The number of rotatable bonds is 3. The number of carboxylic acid groups (broad SMARTS) is 1. The number of halogens is 4. The van der Waals surface area contributed by atoms with Gasteiger partial charge in [-0.2, -0.15) is 0 Å². The van der Waals surface area contributed by atoms with Gasteiger partial charge in [-0.25, -0.2) is 17.6 Å². The molecule has 0 unspecified atom stereocenters. The minimum atomic E-state index is -3.92. The minimum Gasteiger partial charge on any atom is -0.481 e. The van der Waals surface area contributed by atoms with Gasteiger partial charge in [-0.3, -0.25) is 4.79 Å². The number of carbonyl (C=O) groups is 1. The Morgan fingerprint density at radius 2 is 1.93 bits per heavy atom. The van der Waals surface area contributed by atoms with Gasteiger partial charge >= 0.3 is 5.97 Å². The van der Waals surface area contributed by atoms with Crippen LogP contribution in [0.25, 0.3) is 0 Å². The van der Waals surface area contributed by atoms with Crippen molar-refractivity contribution >= 4 is 5.97 Å². The molecule has 0 saturated heterocycles. The van der Waals surface area contributed by atoms with E-state index in [4.69, 9.17) is 5.11 Å². The first kappa shape index (κ1) is 11.5. The molecule has 1 aromatic carbocycles. The van der Waals surface area contributed by atoms with Gasteiger partial charge in [-0.1, -0.05) is 6.07 Å². The van der Waals surface area contributed by atoms with E-state index >= 15 is 0 Å². The van der Waals surface area contributed by atoms with Crippen molar-refractivity contribution in [2.75, 3.05) is 0 Å². The number of hydrogen-bond acceptors (Lipinski definition) is 1.